The third kappa shape index (κ3) is 4.32. The number of halogens is 1. The summed E-state index contributed by atoms with van der Waals surface area (Å²) in [7, 11) is 0. The van der Waals surface area contributed by atoms with Crippen LogP contribution in [0.15, 0.2) is 42.2 Å². The van der Waals surface area contributed by atoms with Crippen molar-refractivity contribution in [3.63, 3.8) is 0 Å². The molecule has 3 aromatic rings. The van der Waals surface area contributed by atoms with E-state index in [0.717, 1.165) is 10.9 Å². The van der Waals surface area contributed by atoms with Gasteiger partial charge in [0.25, 0.3) is 0 Å². The number of benzene rings is 1. The van der Waals surface area contributed by atoms with E-state index in [4.69, 9.17) is 0 Å². The maximum Gasteiger partial charge on any atom is 0.233 e. The van der Waals surface area contributed by atoms with Crippen molar-refractivity contribution >= 4 is 34.2 Å². The predicted molar refractivity (Wildman–Crippen MR) is 111 cm³/mol. The van der Waals surface area contributed by atoms with Gasteiger partial charge in [-0.05, 0) is 51.3 Å². The van der Waals surface area contributed by atoms with Gasteiger partial charge in [-0.1, -0.05) is 18.2 Å². The van der Waals surface area contributed by atoms with Crippen molar-refractivity contribution in [1.82, 2.24) is 19.9 Å². The van der Waals surface area contributed by atoms with E-state index in [1.165, 1.54) is 0 Å². The first-order chi connectivity index (χ1) is 14.0. The summed E-state index contributed by atoms with van der Waals surface area (Å²) in [5.41, 5.74) is 1.17. The Morgan fingerprint density at radius 2 is 1.83 bits per heavy atom. The largest absolute Gasteiger partial charge is 0.386 e. The van der Waals surface area contributed by atoms with Crippen molar-refractivity contribution in [1.29, 1.82) is 0 Å². The van der Waals surface area contributed by atoms with Crippen LogP contribution in [0.1, 0.15) is 38.9 Å². The molecule has 2 heterocycles. The molecule has 150 valence electrons. The van der Waals surface area contributed by atoms with Gasteiger partial charge < -0.3 is 15.7 Å². The highest BCUT2D eigenvalue weighted by Crippen LogP contribution is 2.32. The molecule has 0 bridgehead atoms. The van der Waals surface area contributed by atoms with E-state index in [9.17, 15) is 9.50 Å². The molecular weight excluding hydrogens is 371 g/mol. The third-order valence-corrected chi connectivity index (χ3v) is 4.65. The van der Waals surface area contributed by atoms with Crippen molar-refractivity contribution in [3.8, 4) is 0 Å². The van der Waals surface area contributed by atoms with Crippen LogP contribution < -0.4 is 10.6 Å². The molecule has 8 heteroatoms. The zero-order chi connectivity index (χ0) is 20.4. The highest BCUT2D eigenvalue weighted by molar-refractivity contribution is 5.80. The number of allylic oxidation sites excluding steroid dienone is 1. The number of nitrogens with one attached hydrogen (secondary N) is 2. The van der Waals surface area contributed by atoms with Crippen LogP contribution in [0.4, 0.5) is 22.1 Å². The number of nitrogens with zero attached hydrogens (tertiary/aromatic N) is 4. The predicted octanol–water partition coefficient (Wildman–Crippen LogP) is 4.21. The second-order valence-corrected chi connectivity index (χ2v) is 7.35. The fraction of sp³-hybridized carbons (Fsp3) is 0.333. The minimum atomic E-state index is -1.10. The number of rotatable bonds is 5. The fourth-order valence-electron chi connectivity index (χ4n) is 3.28. The third-order valence-electron chi connectivity index (χ3n) is 4.65. The number of aromatic nitrogens is 4. The lowest BCUT2D eigenvalue weighted by molar-refractivity contribution is 0.165. The highest BCUT2D eigenvalue weighted by Gasteiger charge is 2.25. The Balaban J connectivity index is 1.72. The molecule has 1 atom stereocenters. The molecule has 0 spiro atoms. The first-order valence-corrected chi connectivity index (χ1v) is 9.72. The average molecular weight is 394 g/mol. The summed E-state index contributed by atoms with van der Waals surface area (Å²) in [5.74, 6) is 0.847. The summed E-state index contributed by atoms with van der Waals surface area (Å²) in [6.07, 6.45) is 0.457. The number of para-hydroxylation sites is 1. The highest BCUT2D eigenvalue weighted by atomic mass is 19.1. The van der Waals surface area contributed by atoms with Crippen molar-refractivity contribution in [2.24, 2.45) is 0 Å². The summed E-state index contributed by atoms with van der Waals surface area (Å²) in [6, 6.07) is 11.7. The molecule has 0 fully saturated rings. The van der Waals surface area contributed by atoms with Gasteiger partial charge in [0.1, 0.15) is 17.7 Å². The van der Waals surface area contributed by atoms with Gasteiger partial charge in [0.2, 0.25) is 11.9 Å². The van der Waals surface area contributed by atoms with Crippen LogP contribution in [-0.2, 0) is 0 Å². The molecule has 4 rings (SSSR count). The fourth-order valence-corrected chi connectivity index (χ4v) is 3.28. The molecule has 1 aliphatic rings. The molecular formula is C21H23FN6O. The molecule has 3 N–H and O–H groups in total. The quantitative estimate of drug-likeness (QED) is 0.596. The number of hydrogen-bond donors (Lipinski definition) is 3. The molecule has 0 radical (unpaired) electrons. The Bertz CT molecular complexity index is 1070. The van der Waals surface area contributed by atoms with Gasteiger partial charge in [-0.2, -0.15) is 15.0 Å². The van der Waals surface area contributed by atoms with Crippen molar-refractivity contribution in [3.05, 3.63) is 48.0 Å². The van der Waals surface area contributed by atoms with E-state index in [2.05, 4.69) is 30.6 Å². The minimum absolute atomic E-state index is 0.0904. The SMILES string of the molecule is CC(C)Nc1nc(Nc2ccc3ccccc3n2)nc(C2=C(F)C(O)CCC2)n1. The first kappa shape index (κ1) is 19.2. The van der Waals surface area contributed by atoms with Gasteiger partial charge in [-0.25, -0.2) is 9.37 Å². The van der Waals surface area contributed by atoms with E-state index < -0.39 is 11.9 Å². The molecule has 7 nitrogen and oxygen atoms in total. The normalized spacial score (nSPS) is 17.1. The average Bonchev–Trinajstić information content (AvgIpc) is 2.69. The van der Waals surface area contributed by atoms with E-state index in [0.29, 0.717) is 36.6 Å². The number of fused-ring (bicyclic) bond motifs is 1. The van der Waals surface area contributed by atoms with Crippen LogP contribution >= 0.6 is 0 Å². The van der Waals surface area contributed by atoms with E-state index in [1.807, 2.05) is 50.2 Å². The molecule has 1 aromatic carbocycles. The summed E-state index contributed by atoms with van der Waals surface area (Å²) in [4.78, 5) is 17.7. The summed E-state index contributed by atoms with van der Waals surface area (Å²) >= 11 is 0. The van der Waals surface area contributed by atoms with E-state index >= 15 is 0 Å². The standard InChI is InChI=1S/C21H23FN6O/c1-12(2)23-20-26-19(14-7-5-9-16(29)18(14)22)27-21(28-20)25-17-11-10-13-6-3-4-8-15(13)24-17/h3-4,6,8,10-12,16,29H,5,7,9H2,1-2H3,(H2,23,24,25,26,27,28). The smallest absolute Gasteiger partial charge is 0.233 e. The van der Waals surface area contributed by atoms with Crippen LogP contribution in [0.2, 0.25) is 0 Å². The number of pyridine rings is 1. The lowest BCUT2D eigenvalue weighted by Gasteiger charge is -2.19. The molecule has 0 aliphatic heterocycles. The monoisotopic (exact) mass is 394 g/mol. The molecule has 29 heavy (non-hydrogen) atoms. The molecule has 1 aliphatic carbocycles. The van der Waals surface area contributed by atoms with Crippen LogP contribution in [0, 0.1) is 0 Å². The van der Waals surface area contributed by atoms with Gasteiger partial charge in [0.15, 0.2) is 5.82 Å². The van der Waals surface area contributed by atoms with E-state index in [-0.39, 0.29) is 17.8 Å². The van der Waals surface area contributed by atoms with Gasteiger partial charge in [-0.15, -0.1) is 0 Å². The topological polar surface area (TPSA) is 95.9 Å². The molecule has 2 aromatic heterocycles. The van der Waals surface area contributed by atoms with Crippen LogP contribution in [0.3, 0.4) is 0 Å². The summed E-state index contributed by atoms with van der Waals surface area (Å²) in [5, 5.41) is 17.1. The van der Waals surface area contributed by atoms with E-state index in [1.54, 1.807) is 0 Å². The van der Waals surface area contributed by atoms with Gasteiger partial charge in [0, 0.05) is 17.0 Å². The zero-order valence-electron chi connectivity index (χ0n) is 16.4. The molecule has 0 saturated carbocycles. The Morgan fingerprint density at radius 3 is 2.66 bits per heavy atom. The number of hydrogen-bond acceptors (Lipinski definition) is 7. The Morgan fingerprint density at radius 1 is 1.03 bits per heavy atom. The number of aliphatic hydroxyl groups is 1. The van der Waals surface area contributed by atoms with Crippen LogP contribution in [0.25, 0.3) is 16.5 Å². The van der Waals surface area contributed by atoms with Gasteiger partial charge in [-0.3, -0.25) is 0 Å². The maximum absolute atomic E-state index is 14.5. The second-order valence-electron chi connectivity index (χ2n) is 7.35. The van der Waals surface area contributed by atoms with Crippen LogP contribution in [0.5, 0.6) is 0 Å². The number of aliphatic hydroxyl groups excluding tert-OH is 1. The van der Waals surface area contributed by atoms with Gasteiger partial charge in [0.05, 0.1) is 5.52 Å². The Labute approximate surface area is 168 Å². The zero-order valence-corrected chi connectivity index (χ0v) is 16.4. The van der Waals surface area contributed by atoms with Crippen LogP contribution in [-0.4, -0.2) is 37.2 Å². The van der Waals surface area contributed by atoms with Crippen molar-refractivity contribution in [2.45, 2.75) is 45.3 Å². The Kier molecular flexibility index (Phi) is 5.35. The molecule has 1 unspecified atom stereocenters. The second kappa shape index (κ2) is 8.08. The number of anilines is 3. The lowest BCUT2D eigenvalue weighted by atomic mass is 9.96. The van der Waals surface area contributed by atoms with Crippen molar-refractivity contribution < 1.29 is 9.50 Å². The maximum atomic E-state index is 14.5. The minimum Gasteiger partial charge on any atom is -0.386 e. The van der Waals surface area contributed by atoms with Crippen molar-refractivity contribution in [2.75, 3.05) is 10.6 Å². The Hall–Kier alpha value is -3.13. The molecule has 0 saturated heterocycles. The molecule has 0 amide bonds. The van der Waals surface area contributed by atoms with Gasteiger partial charge >= 0.3 is 0 Å². The lowest BCUT2D eigenvalue weighted by Crippen LogP contribution is -2.18. The summed E-state index contributed by atoms with van der Waals surface area (Å²) < 4.78 is 14.5. The first-order valence-electron chi connectivity index (χ1n) is 9.72. The summed E-state index contributed by atoms with van der Waals surface area (Å²) in [6.45, 7) is 3.93.